The number of methoxy groups -OCH3 is 1. The van der Waals surface area contributed by atoms with E-state index in [0.717, 1.165) is 16.8 Å². The molecule has 0 saturated carbocycles. The molecule has 0 amide bonds. The smallest absolute Gasteiger partial charge is 0.163 e. The fourth-order valence-electron chi connectivity index (χ4n) is 5.54. The molecule has 0 fully saturated rings. The summed E-state index contributed by atoms with van der Waals surface area (Å²) in [6.07, 6.45) is 1.73. The predicted molar refractivity (Wildman–Crippen MR) is 147 cm³/mol. The number of rotatable bonds is 7. The topological polar surface area (TPSA) is 75.6 Å². The molecule has 0 radical (unpaired) electrons. The van der Waals surface area contributed by atoms with Crippen molar-refractivity contribution in [3.63, 3.8) is 0 Å². The molecule has 4 rings (SSSR count). The molecule has 5 nitrogen and oxygen atoms in total. The lowest BCUT2D eigenvalue weighted by atomic mass is 9.66. The number of aliphatic hydroxyl groups excluding tert-OH is 1. The van der Waals surface area contributed by atoms with Gasteiger partial charge in [-0.15, -0.1) is 0 Å². The lowest BCUT2D eigenvalue weighted by Gasteiger charge is -2.38. The molecule has 0 unspecified atom stereocenters. The van der Waals surface area contributed by atoms with Crippen LogP contribution in [0.3, 0.4) is 0 Å². The summed E-state index contributed by atoms with van der Waals surface area (Å²) in [5.74, 6) is -0.0246. The van der Waals surface area contributed by atoms with Gasteiger partial charge in [-0.05, 0) is 52.6 Å². The van der Waals surface area contributed by atoms with Crippen LogP contribution in [-0.2, 0) is 16.1 Å². The van der Waals surface area contributed by atoms with Crippen LogP contribution in [0.2, 0.25) is 5.02 Å². The average molecular weight is 522 g/mol. The van der Waals surface area contributed by atoms with Crippen LogP contribution in [0.5, 0.6) is 5.75 Å². The first kappa shape index (κ1) is 27.0. The van der Waals surface area contributed by atoms with Gasteiger partial charge in [-0.2, -0.15) is 0 Å². The first-order valence-corrected chi connectivity index (χ1v) is 13.1. The summed E-state index contributed by atoms with van der Waals surface area (Å²) in [5.41, 5.74) is 2.95. The predicted octanol–water partition coefficient (Wildman–Crippen LogP) is 7.07. The number of benzene rings is 2. The molecule has 6 heteroatoms. The molecule has 2 aliphatic rings. The van der Waals surface area contributed by atoms with Gasteiger partial charge in [0.05, 0.1) is 7.11 Å². The number of halogens is 1. The zero-order valence-electron chi connectivity index (χ0n) is 22.3. The van der Waals surface area contributed by atoms with E-state index in [4.69, 9.17) is 16.3 Å². The standard InChI is InChI=1S/C31H36ClNO4/c1-30(2)14-23(33-18-19-6-10-21(32)11-7-19)28(24(34)15-30)27(20-8-12-22(37-5)13-9-20)29-25(35)16-31(3,4)17-26(29)36/h6-13,27,33,35H,14-18H2,1-5H3/t27-/m0/s1. The summed E-state index contributed by atoms with van der Waals surface area (Å²) in [4.78, 5) is 27.4. The number of Topliss-reactive ketones (excluding diaryl/α,β-unsaturated/α-hetero) is 2. The van der Waals surface area contributed by atoms with Crippen molar-refractivity contribution < 1.29 is 19.4 Å². The Morgan fingerprint density at radius 3 is 2.00 bits per heavy atom. The monoisotopic (exact) mass is 521 g/mol. The molecule has 2 aromatic carbocycles. The van der Waals surface area contributed by atoms with E-state index in [1.54, 1.807) is 7.11 Å². The highest BCUT2D eigenvalue weighted by Gasteiger charge is 2.43. The highest BCUT2D eigenvalue weighted by atomic mass is 35.5. The second kappa shape index (κ2) is 10.4. The van der Waals surface area contributed by atoms with E-state index < -0.39 is 5.92 Å². The van der Waals surface area contributed by atoms with Gasteiger partial charge in [0.25, 0.3) is 0 Å². The number of hydrogen-bond acceptors (Lipinski definition) is 5. The number of ether oxygens (including phenoxy) is 1. The van der Waals surface area contributed by atoms with Crippen molar-refractivity contribution in [2.45, 2.75) is 65.8 Å². The fourth-order valence-corrected chi connectivity index (χ4v) is 5.67. The highest BCUT2D eigenvalue weighted by Crippen LogP contribution is 2.48. The Bertz CT molecular complexity index is 1250. The number of allylic oxidation sites excluding steroid dienone is 4. The largest absolute Gasteiger partial charge is 0.512 e. The van der Waals surface area contributed by atoms with E-state index in [-0.39, 0.29) is 28.2 Å². The van der Waals surface area contributed by atoms with Crippen molar-refractivity contribution in [3.05, 3.63) is 87.3 Å². The molecule has 2 N–H and O–H groups in total. The lowest BCUT2D eigenvalue weighted by molar-refractivity contribution is -0.119. The van der Waals surface area contributed by atoms with Crippen LogP contribution in [0.25, 0.3) is 0 Å². The van der Waals surface area contributed by atoms with E-state index in [1.807, 2.05) is 62.4 Å². The highest BCUT2D eigenvalue weighted by molar-refractivity contribution is 6.30. The Kier molecular flexibility index (Phi) is 7.57. The Morgan fingerprint density at radius 2 is 1.43 bits per heavy atom. The number of ketones is 2. The first-order valence-electron chi connectivity index (χ1n) is 12.7. The molecule has 37 heavy (non-hydrogen) atoms. The minimum Gasteiger partial charge on any atom is -0.512 e. The molecule has 2 aromatic rings. The van der Waals surface area contributed by atoms with Gasteiger partial charge in [-0.3, -0.25) is 9.59 Å². The van der Waals surface area contributed by atoms with Gasteiger partial charge in [0.1, 0.15) is 11.5 Å². The maximum atomic E-state index is 13.8. The van der Waals surface area contributed by atoms with Crippen molar-refractivity contribution in [1.29, 1.82) is 0 Å². The van der Waals surface area contributed by atoms with E-state index in [0.29, 0.717) is 54.1 Å². The van der Waals surface area contributed by atoms with Crippen LogP contribution < -0.4 is 10.1 Å². The first-order chi connectivity index (χ1) is 17.4. The molecule has 0 bridgehead atoms. The Labute approximate surface area is 224 Å². The fraction of sp³-hybridized carbons (Fsp3) is 0.419. The summed E-state index contributed by atoms with van der Waals surface area (Å²) in [6.45, 7) is 8.64. The molecular weight excluding hydrogens is 486 g/mol. The molecule has 1 atom stereocenters. The van der Waals surface area contributed by atoms with Crippen LogP contribution in [0.1, 0.15) is 70.4 Å². The number of carbonyl (C=O) groups excluding carboxylic acids is 2. The van der Waals surface area contributed by atoms with Crippen molar-refractivity contribution in [1.82, 2.24) is 5.32 Å². The van der Waals surface area contributed by atoms with Crippen molar-refractivity contribution in [2.75, 3.05) is 7.11 Å². The minimum absolute atomic E-state index is 0.00592. The molecule has 196 valence electrons. The van der Waals surface area contributed by atoms with Crippen LogP contribution in [0.15, 0.2) is 71.1 Å². The third kappa shape index (κ3) is 6.10. The quantitative estimate of drug-likeness (QED) is 0.407. The molecule has 0 saturated heterocycles. The van der Waals surface area contributed by atoms with Crippen LogP contribution in [-0.4, -0.2) is 23.8 Å². The van der Waals surface area contributed by atoms with Crippen molar-refractivity contribution in [2.24, 2.45) is 10.8 Å². The molecule has 0 heterocycles. The van der Waals surface area contributed by atoms with Gasteiger partial charge >= 0.3 is 0 Å². The van der Waals surface area contributed by atoms with E-state index in [2.05, 4.69) is 19.2 Å². The third-order valence-corrected chi connectivity index (χ3v) is 7.51. The Morgan fingerprint density at radius 1 is 0.865 bits per heavy atom. The van der Waals surface area contributed by atoms with Gasteiger partial charge in [-0.25, -0.2) is 0 Å². The maximum absolute atomic E-state index is 13.8. The molecule has 0 aromatic heterocycles. The van der Waals surface area contributed by atoms with E-state index >= 15 is 0 Å². The summed E-state index contributed by atoms with van der Waals surface area (Å²) in [5, 5.41) is 15.4. The van der Waals surface area contributed by atoms with Crippen LogP contribution >= 0.6 is 11.6 Å². The summed E-state index contributed by atoms with van der Waals surface area (Å²) < 4.78 is 5.35. The summed E-state index contributed by atoms with van der Waals surface area (Å²) >= 11 is 6.06. The SMILES string of the molecule is COc1ccc([C@H](C2=C(O)CC(C)(C)CC2=O)C2=C(NCc3ccc(Cl)cc3)CC(C)(C)CC2=O)cc1. The zero-order chi connectivity index (χ0) is 27.0. The Hall–Kier alpha value is -3.05. The van der Waals surface area contributed by atoms with Crippen LogP contribution in [0, 0.1) is 10.8 Å². The number of carbonyl (C=O) groups is 2. The van der Waals surface area contributed by atoms with Crippen molar-refractivity contribution in [3.8, 4) is 5.75 Å². The van der Waals surface area contributed by atoms with Gasteiger partial charge in [0.2, 0.25) is 0 Å². The number of aliphatic hydroxyl groups is 1. The minimum atomic E-state index is -0.661. The van der Waals surface area contributed by atoms with E-state index in [1.165, 1.54) is 0 Å². The summed E-state index contributed by atoms with van der Waals surface area (Å²) in [6, 6.07) is 15.0. The number of hydrogen-bond donors (Lipinski definition) is 2. The van der Waals surface area contributed by atoms with Gasteiger partial charge in [-0.1, -0.05) is 63.6 Å². The zero-order valence-corrected chi connectivity index (χ0v) is 23.0. The molecule has 2 aliphatic carbocycles. The van der Waals surface area contributed by atoms with Crippen LogP contribution in [0.4, 0.5) is 0 Å². The molecular formula is C31H36ClNO4. The molecule has 0 spiro atoms. The molecule has 0 aliphatic heterocycles. The van der Waals surface area contributed by atoms with Gasteiger partial charge < -0.3 is 15.2 Å². The second-order valence-corrected chi connectivity index (χ2v) is 12.3. The van der Waals surface area contributed by atoms with Gasteiger partial charge in [0, 0.05) is 53.6 Å². The third-order valence-electron chi connectivity index (χ3n) is 7.26. The average Bonchev–Trinajstić information content (AvgIpc) is 2.80. The van der Waals surface area contributed by atoms with E-state index in [9.17, 15) is 14.7 Å². The lowest BCUT2D eigenvalue weighted by Crippen LogP contribution is -2.36. The second-order valence-electron chi connectivity index (χ2n) is 11.8. The number of nitrogens with one attached hydrogen (secondary N) is 1. The Balaban J connectivity index is 1.87. The summed E-state index contributed by atoms with van der Waals surface area (Å²) in [7, 11) is 1.60. The normalized spacial score (nSPS) is 20.2. The van der Waals surface area contributed by atoms with Crippen molar-refractivity contribution >= 4 is 23.2 Å². The maximum Gasteiger partial charge on any atom is 0.163 e. The van der Waals surface area contributed by atoms with Gasteiger partial charge in [0.15, 0.2) is 11.6 Å².